The van der Waals surface area contributed by atoms with Crippen LogP contribution in [-0.2, 0) is 0 Å². The van der Waals surface area contributed by atoms with Gasteiger partial charge in [0, 0.05) is 19.0 Å². The van der Waals surface area contributed by atoms with Crippen LogP contribution < -0.4 is 0 Å². The van der Waals surface area contributed by atoms with Crippen LogP contribution in [0.25, 0.3) is 0 Å². The highest BCUT2D eigenvalue weighted by molar-refractivity contribution is 6.42. The Morgan fingerprint density at radius 2 is 1.28 bits per heavy atom. The van der Waals surface area contributed by atoms with E-state index in [9.17, 15) is 0 Å². The first-order chi connectivity index (χ1) is 12.2. The van der Waals surface area contributed by atoms with E-state index in [-0.39, 0.29) is 0 Å². The fraction of sp³-hybridized carbons (Fsp3) is 0.182. The molecule has 0 aromatic heterocycles. The number of likely N-dealkylation sites (tertiary alicyclic amines) is 1. The molecule has 1 heterocycles. The Morgan fingerprint density at radius 3 is 1.80 bits per heavy atom. The van der Waals surface area contributed by atoms with E-state index in [1.165, 1.54) is 16.7 Å². The van der Waals surface area contributed by atoms with Crippen molar-refractivity contribution in [2.45, 2.75) is 12.0 Å². The van der Waals surface area contributed by atoms with E-state index in [1.807, 2.05) is 12.1 Å². The number of hydrogen-bond donors (Lipinski definition) is 0. The van der Waals surface area contributed by atoms with Crippen molar-refractivity contribution in [2.75, 3.05) is 13.1 Å². The molecule has 1 saturated heterocycles. The second-order valence-electron chi connectivity index (χ2n) is 6.55. The minimum atomic E-state index is 0.293. The molecule has 0 spiro atoms. The van der Waals surface area contributed by atoms with Gasteiger partial charge in [-0.3, -0.25) is 4.90 Å². The zero-order chi connectivity index (χ0) is 17.2. The lowest BCUT2D eigenvalue weighted by Crippen LogP contribution is -2.47. The first-order valence-electron chi connectivity index (χ1n) is 8.51. The minimum absolute atomic E-state index is 0.293. The predicted molar refractivity (Wildman–Crippen MR) is 106 cm³/mol. The number of hydrogen-bond acceptors (Lipinski definition) is 1. The lowest BCUT2D eigenvalue weighted by atomic mass is 9.86. The summed E-state index contributed by atoms with van der Waals surface area (Å²) < 4.78 is 0. The predicted octanol–water partition coefficient (Wildman–Crippen LogP) is 6.18. The molecule has 25 heavy (non-hydrogen) atoms. The Bertz CT molecular complexity index is 803. The van der Waals surface area contributed by atoms with Crippen LogP contribution in [0.4, 0.5) is 0 Å². The van der Waals surface area contributed by atoms with Crippen molar-refractivity contribution in [3.63, 3.8) is 0 Å². The lowest BCUT2D eigenvalue weighted by molar-refractivity contribution is 0.111. The van der Waals surface area contributed by atoms with Gasteiger partial charge >= 0.3 is 0 Å². The molecule has 0 bridgehead atoms. The molecule has 4 rings (SSSR count). The van der Waals surface area contributed by atoms with Crippen LogP contribution in [0, 0.1) is 0 Å². The molecule has 0 aliphatic carbocycles. The molecule has 126 valence electrons. The normalized spacial score (nSPS) is 15.3. The van der Waals surface area contributed by atoms with Crippen molar-refractivity contribution >= 4 is 23.2 Å². The van der Waals surface area contributed by atoms with Gasteiger partial charge in [0.15, 0.2) is 0 Å². The summed E-state index contributed by atoms with van der Waals surface area (Å²) in [6.07, 6.45) is 0. The van der Waals surface area contributed by atoms with Crippen molar-refractivity contribution in [2.24, 2.45) is 0 Å². The molecule has 0 unspecified atom stereocenters. The van der Waals surface area contributed by atoms with Gasteiger partial charge in [-0.2, -0.15) is 0 Å². The van der Waals surface area contributed by atoms with Crippen molar-refractivity contribution < 1.29 is 0 Å². The quantitative estimate of drug-likeness (QED) is 0.531. The summed E-state index contributed by atoms with van der Waals surface area (Å²) in [6, 6.07) is 27.7. The zero-order valence-corrected chi connectivity index (χ0v) is 15.3. The molecule has 0 radical (unpaired) electrons. The van der Waals surface area contributed by atoms with Crippen molar-refractivity contribution in [3.8, 4) is 0 Å². The van der Waals surface area contributed by atoms with Crippen molar-refractivity contribution in [3.05, 3.63) is 106 Å². The fourth-order valence-electron chi connectivity index (χ4n) is 3.59. The average Bonchev–Trinajstić information content (AvgIpc) is 2.62. The van der Waals surface area contributed by atoms with Gasteiger partial charge in [-0.15, -0.1) is 0 Å². The van der Waals surface area contributed by atoms with Crippen LogP contribution >= 0.6 is 23.2 Å². The molecule has 0 amide bonds. The Kier molecular flexibility index (Phi) is 4.80. The number of nitrogens with zero attached hydrogens (tertiary/aromatic N) is 1. The number of rotatable bonds is 4. The Hall–Kier alpha value is -1.80. The van der Waals surface area contributed by atoms with Crippen molar-refractivity contribution in [1.29, 1.82) is 0 Å². The fourth-order valence-corrected chi connectivity index (χ4v) is 3.89. The molecule has 1 aliphatic rings. The van der Waals surface area contributed by atoms with Gasteiger partial charge < -0.3 is 0 Å². The van der Waals surface area contributed by atoms with Gasteiger partial charge in [-0.25, -0.2) is 0 Å². The largest absolute Gasteiger partial charge is 0.291 e. The van der Waals surface area contributed by atoms with Gasteiger partial charge in [0.2, 0.25) is 0 Å². The van der Waals surface area contributed by atoms with E-state index in [1.54, 1.807) is 0 Å². The van der Waals surface area contributed by atoms with Crippen LogP contribution in [0.5, 0.6) is 0 Å². The van der Waals surface area contributed by atoms with E-state index < -0.39 is 0 Å². The molecule has 3 heteroatoms. The molecule has 1 aliphatic heterocycles. The first-order valence-corrected chi connectivity index (χ1v) is 9.27. The third kappa shape index (κ3) is 3.46. The van der Waals surface area contributed by atoms with Gasteiger partial charge in [0.25, 0.3) is 0 Å². The second kappa shape index (κ2) is 7.21. The molecule has 1 fully saturated rings. The van der Waals surface area contributed by atoms with E-state index in [4.69, 9.17) is 23.2 Å². The average molecular weight is 368 g/mol. The maximum absolute atomic E-state index is 6.18. The van der Waals surface area contributed by atoms with Crippen LogP contribution in [0.3, 0.4) is 0 Å². The standard InChI is InChI=1S/C22H19Cl2N/c23-20-12-11-18(13-21(20)24)19-14-25(15-19)22(16-7-3-1-4-8-16)17-9-5-2-6-10-17/h1-13,19,22H,14-15H2. The highest BCUT2D eigenvalue weighted by Gasteiger charge is 2.34. The first kappa shape index (κ1) is 16.7. The molecule has 0 atom stereocenters. The smallest absolute Gasteiger partial charge is 0.0602 e. The van der Waals surface area contributed by atoms with E-state index in [0.717, 1.165) is 13.1 Å². The monoisotopic (exact) mass is 367 g/mol. The maximum Gasteiger partial charge on any atom is 0.0602 e. The van der Waals surface area contributed by atoms with Gasteiger partial charge in [0.05, 0.1) is 16.1 Å². The summed E-state index contributed by atoms with van der Waals surface area (Å²) in [4.78, 5) is 2.53. The van der Waals surface area contributed by atoms with Crippen LogP contribution in [0.2, 0.25) is 10.0 Å². The van der Waals surface area contributed by atoms with E-state index in [0.29, 0.717) is 22.0 Å². The molecule has 3 aromatic rings. The summed E-state index contributed by atoms with van der Waals surface area (Å²) in [5, 5.41) is 1.26. The van der Waals surface area contributed by atoms with E-state index in [2.05, 4.69) is 71.6 Å². The molecule has 0 saturated carbocycles. The Labute approximate surface area is 158 Å². The summed E-state index contributed by atoms with van der Waals surface area (Å²) in [5.74, 6) is 0.504. The minimum Gasteiger partial charge on any atom is -0.291 e. The molecule has 0 N–H and O–H groups in total. The van der Waals surface area contributed by atoms with Crippen LogP contribution in [0.15, 0.2) is 78.9 Å². The Balaban J connectivity index is 1.57. The topological polar surface area (TPSA) is 3.24 Å². The third-order valence-electron chi connectivity index (χ3n) is 4.92. The molecular weight excluding hydrogens is 349 g/mol. The molecular formula is C22H19Cl2N. The highest BCUT2D eigenvalue weighted by Crippen LogP contribution is 2.39. The molecule has 3 aromatic carbocycles. The van der Waals surface area contributed by atoms with Gasteiger partial charge in [-0.1, -0.05) is 89.9 Å². The van der Waals surface area contributed by atoms with Gasteiger partial charge in [0.1, 0.15) is 0 Å². The lowest BCUT2D eigenvalue weighted by Gasteiger charge is -2.45. The summed E-state index contributed by atoms with van der Waals surface area (Å²) in [6.45, 7) is 2.04. The van der Waals surface area contributed by atoms with Crippen LogP contribution in [-0.4, -0.2) is 18.0 Å². The third-order valence-corrected chi connectivity index (χ3v) is 5.66. The molecule has 1 nitrogen and oxygen atoms in total. The summed E-state index contributed by atoms with van der Waals surface area (Å²) >= 11 is 12.2. The highest BCUT2D eigenvalue weighted by atomic mass is 35.5. The summed E-state index contributed by atoms with van der Waals surface area (Å²) in [5.41, 5.74) is 3.94. The van der Waals surface area contributed by atoms with Crippen LogP contribution in [0.1, 0.15) is 28.7 Å². The second-order valence-corrected chi connectivity index (χ2v) is 7.36. The maximum atomic E-state index is 6.18. The zero-order valence-electron chi connectivity index (χ0n) is 13.8. The Morgan fingerprint density at radius 1 is 0.720 bits per heavy atom. The number of halogens is 2. The number of benzene rings is 3. The van der Waals surface area contributed by atoms with Crippen molar-refractivity contribution in [1.82, 2.24) is 4.90 Å². The summed E-state index contributed by atoms with van der Waals surface area (Å²) in [7, 11) is 0. The van der Waals surface area contributed by atoms with E-state index >= 15 is 0 Å². The SMILES string of the molecule is Clc1ccc(C2CN(C(c3ccccc3)c3ccccc3)C2)cc1Cl. The van der Waals surface area contributed by atoms with Gasteiger partial charge in [-0.05, 0) is 28.8 Å².